The lowest BCUT2D eigenvalue weighted by Gasteiger charge is -2.31. The number of sulfonamides is 1. The summed E-state index contributed by atoms with van der Waals surface area (Å²) in [6.07, 6.45) is 0.209. The Balaban J connectivity index is 1.31. The van der Waals surface area contributed by atoms with E-state index in [1.165, 1.54) is 19.2 Å². The summed E-state index contributed by atoms with van der Waals surface area (Å²) in [5.41, 5.74) is 1.34. The molecular formula is C32H44N4O10S. The molecule has 2 aromatic rings. The molecule has 3 fully saturated rings. The van der Waals surface area contributed by atoms with Gasteiger partial charge in [-0.05, 0) is 49.4 Å². The molecule has 1 saturated carbocycles. The van der Waals surface area contributed by atoms with Gasteiger partial charge in [-0.15, -0.1) is 0 Å². The summed E-state index contributed by atoms with van der Waals surface area (Å²) in [7, 11) is -3.00. The fourth-order valence-corrected chi connectivity index (χ4v) is 7.33. The van der Waals surface area contributed by atoms with Crippen LogP contribution in [0.3, 0.4) is 0 Å². The van der Waals surface area contributed by atoms with Crippen molar-refractivity contribution in [2.45, 2.75) is 74.1 Å². The average molecular weight is 677 g/mol. The van der Waals surface area contributed by atoms with Crippen LogP contribution in [0, 0.1) is 5.92 Å². The van der Waals surface area contributed by atoms with Crippen LogP contribution in [-0.2, 0) is 40.2 Å². The van der Waals surface area contributed by atoms with Gasteiger partial charge in [0.2, 0.25) is 0 Å². The van der Waals surface area contributed by atoms with Gasteiger partial charge in [-0.25, -0.2) is 18.0 Å². The minimum Gasteiger partial charge on any atom is -0.453 e. The van der Waals surface area contributed by atoms with Crippen LogP contribution in [0.5, 0.6) is 0 Å². The number of fused-ring (bicyclic) bond motifs is 1. The predicted octanol–water partition coefficient (Wildman–Crippen LogP) is 2.78. The van der Waals surface area contributed by atoms with Crippen molar-refractivity contribution in [2.75, 3.05) is 45.3 Å². The molecule has 1 aliphatic carbocycles. The van der Waals surface area contributed by atoms with E-state index in [4.69, 9.17) is 19.0 Å². The maximum atomic E-state index is 14.1. The van der Waals surface area contributed by atoms with Gasteiger partial charge in [0, 0.05) is 18.8 Å². The number of rotatable bonds is 15. The Morgan fingerprint density at radius 1 is 1.02 bits per heavy atom. The maximum Gasteiger partial charge on any atom is 0.407 e. The van der Waals surface area contributed by atoms with Gasteiger partial charge in [-0.1, -0.05) is 53.7 Å². The summed E-state index contributed by atoms with van der Waals surface area (Å²) in [5.74, 6) is -0.0620. The molecule has 47 heavy (non-hydrogen) atoms. The van der Waals surface area contributed by atoms with Crippen molar-refractivity contribution in [3.63, 3.8) is 0 Å². The third kappa shape index (κ3) is 9.55. The normalized spacial score (nSPS) is 22.4. The highest BCUT2D eigenvalue weighted by Crippen LogP contribution is 2.33. The summed E-state index contributed by atoms with van der Waals surface area (Å²) in [4.78, 5) is 30.5. The molecule has 2 amide bonds. The topological polar surface area (TPSA) is 174 Å². The number of aliphatic hydroxyl groups excluding tert-OH is 1. The summed E-state index contributed by atoms with van der Waals surface area (Å²) < 4.78 is 50.3. The van der Waals surface area contributed by atoms with Gasteiger partial charge in [0.25, 0.3) is 10.0 Å². The van der Waals surface area contributed by atoms with Crippen LogP contribution in [0.4, 0.5) is 15.3 Å². The van der Waals surface area contributed by atoms with Gasteiger partial charge in [-0.3, -0.25) is 4.84 Å². The summed E-state index contributed by atoms with van der Waals surface area (Å²) in [6, 6.07) is 14.6. The van der Waals surface area contributed by atoms with Crippen molar-refractivity contribution >= 4 is 27.9 Å². The number of hydrogen-bond acceptors (Lipinski definition) is 11. The molecule has 0 radical (unpaired) electrons. The molecule has 15 heteroatoms. The van der Waals surface area contributed by atoms with Gasteiger partial charge in [0.15, 0.2) is 6.29 Å². The molecule has 14 nitrogen and oxygen atoms in total. The lowest BCUT2D eigenvalue weighted by atomic mass is 10.0. The van der Waals surface area contributed by atoms with E-state index in [1.54, 1.807) is 12.1 Å². The van der Waals surface area contributed by atoms with Gasteiger partial charge >= 0.3 is 12.2 Å². The van der Waals surface area contributed by atoms with E-state index in [-0.39, 0.29) is 36.5 Å². The number of nitrogens with zero attached hydrogens (tertiary/aromatic N) is 1. The first-order valence-electron chi connectivity index (χ1n) is 16.0. The molecule has 5 atom stereocenters. The number of aliphatic hydroxyl groups is 1. The zero-order valence-electron chi connectivity index (χ0n) is 26.4. The monoisotopic (exact) mass is 676 g/mol. The molecular weight excluding hydrogens is 632 g/mol. The van der Waals surface area contributed by atoms with E-state index < -0.39 is 53.3 Å². The Bertz CT molecular complexity index is 1430. The molecule has 2 saturated heterocycles. The number of hydroxylamine groups is 1. The minimum atomic E-state index is -4.27. The largest absolute Gasteiger partial charge is 0.453 e. The fourth-order valence-electron chi connectivity index (χ4n) is 5.99. The SMILES string of the molecule is COC(=O)NCCNc1cccc(S(=O)(=O)N(C[C@@H](O)[C@H](Cc2ccccc2)NC(=O)O[C@H]2CO[C@H]3OCC[C@H]32)OC2CCCC2)c1. The minimum absolute atomic E-state index is 0.0461. The summed E-state index contributed by atoms with van der Waals surface area (Å²) >= 11 is 0. The quantitative estimate of drug-likeness (QED) is 0.161. The van der Waals surface area contributed by atoms with Crippen molar-refractivity contribution in [3.05, 3.63) is 60.2 Å². The number of amides is 2. The number of anilines is 1. The predicted molar refractivity (Wildman–Crippen MR) is 170 cm³/mol. The van der Waals surface area contributed by atoms with Crippen LogP contribution in [0.2, 0.25) is 0 Å². The summed E-state index contributed by atoms with van der Waals surface area (Å²) in [6.45, 7) is 0.884. The van der Waals surface area contributed by atoms with E-state index in [9.17, 15) is 23.1 Å². The number of ether oxygens (including phenoxy) is 4. The molecule has 2 heterocycles. The van der Waals surface area contributed by atoms with Gasteiger partial charge in [0.05, 0.1) is 55.9 Å². The Morgan fingerprint density at radius 2 is 1.81 bits per heavy atom. The van der Waals surface area contributed by atoms with E-state index in [1.807, 2.05) is 30.3 Å². The van der Waals surface area contributed by atoms with Crippen molar-refractivity contribution in [1.29, 1.82) is 0 Å². The van der Waals surface area contributed by atoms with Crippen LogP contribution in [0.1, 0.15) is 37.7 Å². The first-order valence-corrected chi connectivity index (χ1v) is 17.4. The van der Waals surface area contributed by atoms with E-state index in [0.717, 1.165) is 22.9 Å². The van der Waals surface area contributed by atoms with Crippen LogP contribution in [0.25, 0.3) is 0 Å². The number of carbonyl (C=O) groups excluding carboxylic acids is 2. The van der Waals surface area contributed by atoms with E-state index in [2.05, 4.69) is 20.7 Å². The Kier molecular flexibility index (Phi) is 12.3. The summed E-state index contributed by atoms with van der Waals surface area (Å²) in [5, 5.41) is 20.0. The molecule has 2 aromatic carbocycles. The molecule has 0 aromatic heterocycles. The Labute approximate surface area is 275 Å². The third-order valence-electron chi connectivity index (χ3n) is 8.52. The van der Waals surface area contributed by atoms with Crippen LogP contribution in [0.15, 0.2) is 59.5 Å². The lowest BCUT2D eigenvalue weighted by molar-refractivity contribution is -0.145. The molecule has 3 aliphatic rings. The number of hydrogen-bond donors (Lipinski definition) is 4. The molecule has 5 rings (SSSR count). The average Bonchev–Trinajstić information content (AvgIpc) is 3.84. The highest BCUT2D eigenvalue weighted by molar-refractivity contribution is 7.89. The lowest BCUT2D eigenvalue weighted by Crippen LogP contribution is -2.51. The number of carbonyl (C=O) groups is 2. The van der Waals surface area contributed by atoms with E-state index in [0.29, 0.717) is 38.1 Å². The second-order valence-corrected chi connectivity index (χ2v) is 13.7. The van der Waals surface area contributed by atoms with Gasteiger partial charge < -0.3 is 40.0 Å². The van der Waals surface area contributed by atoms with Gasteiger partial charge in [0.1, 0.15) is 6.10 Å². The zero-order valence-corrected chi connectivity index (χ0v) is 27.2. The number of benzene rings is 2. The number of alkyl carbamates (subject to hydrolysis) is 2. The van der Waals surface area contributed by atoms with Crippen LogP contribution >= 0.6 is 0 Å². The van der Waals surface area contributed by atoms with Crippen molar-refractivity contribution < 1.29 is 46.9 Å². The number of nitrogens with one attached hydrogen (secondary N) is 3. The van der Waals surface area contributed by atoms with E-state index >= 15 is 0 Å². The first kappa shape index (κ1) is 34.9. The zero-order chi connectivity index (χ0) is 33.2. The fraction of sp³-hybridized carbons (Fsp3) is 0.562. The van der Waals surface area contributed by atoms with Crippen LogP contribution < -0.4 is 16.0 Å². The van der Waals surface area contributed by atoms with Crippen molar-refractivity contribution in [1.82, 2.24) is 15.1 Å². The molecule has 4 N–H and O–H groups in total. The van der Waals surface area contributed by atoms with Gasteiger partial charge in [-0.2, -0.15) is 0 Å². The molecule has 0 unspecified atom stereocenters. The maximum absolute atomic E-state index is 14.1. The number of methoxy groups -OCH3 is 1. The standard InChI is InChI=1S/C32H44N4O10S/c1-42-31(38)34-16-15-33-23-10-7-13-25(19-23)47(40,41)36(46-24-11-5-6-12-24)20-28(37)27(18-22-8-3-2-4-9-22)35-32(39)45-29-21-44-30-26(29)14-17-43-30/h2-4,7-10,13,19,24,26-30,33,37H,5-6,11-12,14-18,20-21H2,1H3,(H,34,38)(H,35,39)/t26-,27-,28+,29-,30+/m0/s1. The highest BCUT2D eigenvalue weighted by Gasteiger charge is 2.44. The first-order chi connectivity index (χ1) is 22.7. The second kappa shape index (κ2) is 16.6. The van der Waals surface area contributed by atoms with Crippen LogP contribution in [-0.4, -0.2) is 101 Å². The molecule has 2 aliphatic heterocycles. The Hall–Kier alpha value is -3.47. The molecule has 258 valence electrons. The van der Waals surface area contributed by atoms with Crippen molar-refractivity contribution in [2.24, 2.45) is 5.92 Å². The Morgan fingerprint density at radius 3 is 2.57 bits per heavy atom. The van der Waals surface area contributed by atoms with Crippen molar-refractivity contribution in [3.8, 4) is 0 Å². The second-order valence-electron chi connectivity index (χ2n) is 11.9. The highest BCUT2D eigenvalue weighted by atomic mass is 32.2. The third-order valence-corrected chi connectivity index (χ3v) is 10.1. The smallest absolute Gasteiger partial charge is 0.407 e. The molecule has 0 spiro atoms. The molecule has 0 bridgehead atoms.